The lowest BCUT2D eigenvalue weighted by Crippen LogP contribution is -2.34. The van der Waals surface area contributed by atoms with Crippen molar-refractivity contribution in [1.29, 1.82) is 0 Å². The van der Waals surface area contributed by atoms with Crippen LogP contribution in [0.15, 0.2) is 131 Å². The number of nitrogens with one attached hydrogen (secondary N) is 6. The number of hydrogen-bond donors (Lipinski definition) is 7. The molecule has 0 saturated carbocycles. The summed E-state index contributed by atoms with van der Waals surface area (Å²) in [4.78, 5) is 22.5. The Morgan fingerprint density at radius 2 is 1.12 bits per heavy atom. The number of aromatic hydroxyl groups is 1. The Kier molecular flexibility index (Phi) is 14.6. The molecular weight excluding hydrogens is 869 g/mol. The van der Waals surface area contributed by atoms with Crippen LogP contribution in [0, 0.1) is 5.92 Å². The molecule has 65 heavy (non-hydrogen) atoms. The third-order valence-corrected chi connectivity index (χ3v) is 13.8. The van der Waals surface area contributed by atoms with Gasteiger partial charge in [0.15, 0.2) is 0 Å². The van der Waals surface area contributed by atoms with Gasteiger partial charge in [-0.1, -0.05) is 6.07 Å². The first kappa shape index (κ1) is 45.2. The molecule has 0 bridgehead atoms. The highest BCUT2D eigenvalue weighted by Gasteiger charge is 2.24. The van der Waals surface area contributed by atoms with Gasteiger partial charge in [-0.3, -0.25) is 0 Å². The number of ether oxygens (including phenoxy) is 1. The number of sulfonamides is 2. The van der Waals surface area contributed by atoms with Crippen molar-refractivity contribution >= 4 is 66.3 Å². The number of nitrogens with zero attached hydrogens (tertiary/aromatic N) is 6. The third kappa shape index (κ3) is 13.1. The second-order valence-electron chi connectivity index (χ2n) is 15.8. The lowest BCUT2D eigenvalue weighted by atomic mass is 10.1. The predicted octanol–water partition coefficient (Wildman–Crippen LogP) is 6.00. The number of phenolic OH excluding ortho intramolecular Hbond substituents is 1. The van der Waals surface area contributed by atoms with Gasteiger partial charge in [0.05, 0.1) is 16.4 Å². The van der Waals surface area contributed by atoms with Crippen molar-refractivity contribution < 1.29 is 26.7 Å². The Morgan fingerprint density at radius 3 is 1.71 bits per heavy atom. The van der Waals surface area contributed by atoms with E-state index in [1.54, 1.807) is 85.2 Å². The van der Waals surface area contributed by atoms with Crippen molar-refractivity contribution in [1.82, 2.24) is 39.2 Å². The average molecular weight is 921 g/mol. The SMILES string of the molecule is O=S(=O)(NCCN1CCCC1)c1ccc(Nc2nccc(Nc3cccc(OCC4CCN(CCNS(=O)(=O)c5ccc(Nc6nccc(Nc7ccc(O)cc7)n6)cc5)C4)c3)n2)cc1. The normalized spacial score (nSPS) is 15.7. The molecule has 0 radical (unpaired) electrons. The maximum Gasteiger partial charge on any atom is 0.240 e. The largest absolute Gasteiger partial charge is 0.508 e. The van der Waals surface area contributed by atoms with Crippen LogP contribution in [0.4, 0.5) is 46.3 Å². The topological polar surface area (TPSA) is 228 Å². The number of aromatic nitrogens is 4. The maximum absolute atomic E-state index is 13.1. The van der Waals surface area contributed by atoms with Gasteiger partial charge in [0.25, 0.3) is 0 Å². The van der Waals surface area contributed by atoms with Crippen LogP contribution < -0.4 is 35.4 Å². The first-order valence-electron chi connectivity index (χ1n) is 21.4. The molecule has 18 nitrogen and oxygen atoms in total. The lowest BCUT2D eigenvalue weighted by molar-refractivity contribution is 0.241. The van der Waals surface area contributed by atoms with Crippen molar-refractivity contribution in [3.8, 4) is 11.5 Å². The summed E-state index contributed by atoms with van der Waals surface area (Å²) in [7, 11) is -7.34. The van der Waals surface area contributed by atoms with Crippen LogP contribution in [0.2, 0.25) is 0 Å². The quantitative estimate of drug-likeness (QED) is 0.0411. The van der Waals surface area contributed by atoms with Crippen LogP contribution in [0.3, 0.4) is 0 Å². The zero-order valence-electron chi connectivity index (χ0n) is 35.6. The van der Waals surface area contributed by atoms with Gasteiger partial charge < -0.3 is 40.9 Å². The number of phenols is 1. The molecule has 2 saturated heterocycles. The second kappa shape index (κ2) is 21.0. The number of hydrogen-bond acceptors (Lipinski definition) is 16. The zero-order valence-corrected chi connectivity index (χ0v) is 37.2. The summed E-state index contributed by atoms with van der Waals surface area (Å²) < 4.78 is 63.4. The van der Waals surface area contributed by atoms with E-state index in [1.165, 1.54) is 12.1 Å². The molecule has 20 heteroatoms. The molecule has 8 rings (SSSR count). The maximum atomic E-state index is 13.1. The van der Waals surface area contributed by atoms with E-state index < -0.39 is 20.0 Å². The standard InChI is InChI=1S/C45H52N12O6S2/c58-38-12-6-34(7-13-38)50-42-18-21-46-44(54-42)52-35-10-16-41(17-11-35)65(61,62)49-24-29-57-27-20-33(31-57)32-63-39-5-3-4-37(30-39)51-43-19-22-47-45(55-43)53-36-8-14-40(15-9-36)64(59,60)48-23-28-56-25-1-2-26-56/h3-19,21-22,30,33,48-49,58H,1-2,20,23-29,31-32H2,(H2,46,50,52,54)(H2,47,51,53,55). The van der Waals surface area contributed by atoms with Crippen molar-refractivity contribution in [2.45, 2.75) is 29.1 Å². The van der Waals surface area contributed by atoms with Gasteiger partial charge in [0, 0.05) is 79.9 Å². The molecule has 2 aliphatic heterocycles. The summed E-state index contributed by atoms with van der Waals surface area (Å²) in [5.41, 5.74) is 2.81. The monoisotopic (exact) mass is 920 g/mol. The zero-order chi connectivity index (χ0) is 45.1. The molecule has 2 aliphatic rings. The smallest absolute Gasteiger partial charge is 0.240 e. The van der Waals surface area contributed by atoms with E-state index in [2.05, 4.69) is 60.4 Å². The molecule has 2 aromatic heterocycles. The molecular formula is C45H52N12O6S2. The van der Waals surface area contributed by atoms with Gasteiger partial charge in [-0.05, 0) is 136 Å². The molecule has 0 aliphatic carbocycles. The molecule has 0 spiro atoms. The number of anilines is 8. The van der Waals surface area contributed by atoms with Crippen molar-refractivity contribution in [3.63, 3.8) is 0 Å². The van der Waals surface area contributed by atoms with Gasteiger partial charge in [0.1, 0.15) is 23.1 Å². The summed E-state index contributed by atoms with van der Waals surface area (Å²) in [5, 5.41) is 22.2. The lowest BCUT2D eigenvalue weighted by Gasteiger charge is -2.17. The van der Waals surface area contributed by atoms with E-state index in [4.69, 9.17) is 4.74 Å². The van der Waals surface area contributed by atoms with Gasteiger partial charge >= 0.3 is 0 Å². The Morgan fingerprint density at radius 1 is 0.600 bits per heavy atom. The second-order valence-corrected chi connectivity index (χ2v) is 19.3. The summed E-state index contributed by atoms with van der Waals surface area (Å²) in [6, 6.07) is 30.6. The van der Waals surface area contributed by atoms with Crippen molar-refractivity contribution in [2.75, 3.05) is 80.2 Å². The number of likely N-dealkylation sites (tertiary alicyclic amines) is 2. The minimum atomic E-state index is -3.73. The highest BCUT2D eigenvalue weighted by molar-refractivity contribution is 7.89. The van der Waals surface area contributed by atoms with Gasteiger partial charge in [-0.2, -0.15) is 9.97 Å². The van der Waals surface area contributed by atoms with E-state index in [9.17, 15) is 21.9 Å². The van der Waals surface area contributed by atoms with Crippen LogP contribution in [0.5, 0.6) is 11.5 Å². The van der Waals surface area contributed by atoms with Gasteiger partial charge in [-0.25, -0.2) is 36.2 Å². The molecule has 0 amide bonds. The minimum absolute atomic E-state index is 0.154. The summed E-state index contributed by atoms with van der Waals surface area (Å²) in [6.45, 7) is 6.10. The molecule has 4 heterocycles. The van der Waals surface area contributed by atoms with Crippen molar-refractivity contribution in [3.05, 3.63) is 122 Å². The fraction of sp³-hybridized carbons (Fsp3) is 0.289. The van der Waals surface area contributed by atoms with E-state index in [1.807, 2.05) is 24.3 Å². The molecule has 1 unspecified atom stereocenters. The fourth-order valence-corrected chi connectivity index (χ4v) is 9.53. The highest BCUT2D eigenvalue weighted by atomic mass is 32.2. The number of benzene rings is 4. The molecule has 4 aromatic carbocycles. The molecule has 340 valence electrons. The van der Waals surface area contributed by atoms with E-state index in [0.29, 0.717) is 66.9 Å². The summed E-state index contributed by atoms with van der Waals surface area (Å²) >= 11 is 0. The molecule has 2 fully saturated rings. The van der Waals surface area contributed by atoms with Crippen molar-refractivity contribution in [2.24, 2.45) is 5.92 Å². The van der Waals surface area contributed by atoms with Crippen LogP contribution >= 0.6 is 0 Å². The van der Waals surface area contributed by atoms with Crippen LogP contribution in [0.25, 0.3) is 0 Å². The molecule has 6 aromatic rings. The molecule has 7 N–H and O–H groups in total. The fourth-order valence-electron chi connectivity index (χ4n) is 7.49. The summed E-state index contributed by atoms with van der Waals surface area (Å²) in [6.07, 6.45) is 6.49. The Bertz CT molecular complexity index is 2730. The minimum Gasteiger partial charge on any atom is -0.508 e. The van der Waals surface area contributed by atoms with E-state index in [-0.39, 0.29) is 28.0 Å². The van der Waals surface area contributed by atoms with Crippen LogP contribution in [-0.2, 0) is 20.0 Å². The highest BCUT2D eigenvalue weighted by Crippen LogP contribution is 2.25. The van der Waals surface area contributed by atoms with Crippen LogP contribution in [0.1, 0.15) is 19.3 Å². The Hall–Kier alpha value is -6.42. The average Bonchev–Trinajstić information content (AvgIpc) is 4.00. The first-order chi connectivity index (χ1) is 31.5. The molecule has 1 atom stereocenters. The number of rotatable bonds is 21. The van der Waals surface area contributed by atoms with E-state index in [0.717, 1.165) is 56.8 Å². The Labute approximate surface area is 379 Å². The summed E-state index contributed by atoms with van der Waals surface area (Å²) in [5.74, 6) is 2.95. The first-order valence-corrected chi connectivity index (χ1v) is 24.4. The van der Waals surface area contributed by atoms with E-state index >= 15 is 0 Å². The third-order valence-electron chi connectivity index (χ3n) is 10.9. The van der Waals surface area contributed by atoms with Gasteiger partial charge in [0.2, 0.25) is 31.9 Å². The predicted molar refractivity (Wildman–Crippen MR) is 251 cm³/mol. The Balaban J connectivity index is 0.746. The van der Waals surface area contributed by atoms with Gasteiger partial charge in [-0.15, -0.1) is 0 Å². The van der Waals surface area contributed by atoms with Crippen LogP contribution in [-0.4, -0.2) is 111 Å².